The molecule has 2 N–H and O–H groups in total. The number of hydrogen-bond acceptors (Lipinski definition) is 3. The molecule has 1 heterocycles. The molecule has 1 aromatic heterocycles. The molecule has 0 aliphatic heterocycles. The van der Waals surface area contributed by atoms with E-state index in [0.29, 0.717) is 10.3 Å². The average molecular weight is 246 g/mol. The number of nitrogens with zero attached hydrogens (tertiary/aromatic N) is 1. The standard InChI is InChI=1S/C8H12BrN3O/c1-8(2,3)12-6-5(9)7(13)11-4-10-6/h4H,1-3H3,(H2,10,11,12,13). The van der Waals surface area contributed by atoms with Gasteiger partial charge in [0.25, 0.3) is 5.56 Å². The van der Waals surface area contributed by atoms with Gasteiger partial charge < -0.3 is 10.3 Å². The predicted molar refractivity (Wildman–Crippen MR) is 55.9 cm³/mol. The summed E-state index contributed by atoms with van der Waals surface area (Å²) in [6.45, 7) is 6.01. The number of nitrogens with one attached hydrogen (secondary N) is 2. The number of halogens is 1. The topological polar surface area (TPSA) is 57.8 Å². The van der Waals surface area contributed by atoms with Gasteiger partial charge in [-0.2, -0.15) is 0 Å². The van der Waals surface area contributed by atoms with E-state index in [1.54, 1.807) is 0 Å². The fourth-order valence-corrected chi connectivity index (χ4v) is 1.14. The lowest BCUT2D eigenvalue weighted by Gasteiger charge is -2.21. The Hall–Kier alpha value is -0.840. The van der Waals surface area contributed by atoms with Crippen molar-refractivity contribution in [2.24, 2.45) is 0 Å². The van der Waals surface area contributed by atoms with E-state index >= 15 is 0 Å². The molecule has 4 nitrogen and oxygen atoms in total. The zero-order valence-electron chi connectivity index (χ0n) is 7.81. The first-order valence-corrected chi connectivity index (χ1v) is 4.71. The SMILES string of the molecule is CC(C)(C)Nc1nc[nH]c(=O)c1Br. The van der Waals surface area contributed by atoms with Crippen LogP contribution in [0.25, 0.3) is 0 Å². The predicted octanol–water partition coefficient (Wildman–Crippen LogP) is 1.74. The van der Waals surface area contributed by atoms with E-state index in [4.69, 9.17) is 0 Å². The molecule has 0 unspecified atom stereocenters. The second-order valence-corrected chi connectivity index (χ2v) is 4.56. The summed E-state index contributed by atoms with van der Waals surface area (Å²) in [5.74, 6) is 0.566. The molecule has 0 aliphatic carbocycles. The van der Waals surface area contributed by atoms with Crippen LogP contribution in [0.2, 0.25) is 0 Å². The van der Waals surface area contributed by atoms with Gasteiger partial charge in [-0.25, -0.2) is 4.98 Å². The first-order valence-electron chi connectivity index (χ1n) is 3.91. The Morgan fingerprint density at radius 2 is 2.15 bits per heavy atom. The van der Waals surface area contributed by atoms with E-state index in [9.17, 15) is 4.79 Å². The molecule has 0 spiro atoms. The van der Waals surface area contributed by atoms with E-state index < -0.39 is 0 Å². The van der Waals surface area contributed by atoms with Gasteiger partial charge in [-0.3, -0.25) is 4.79 Å². The second-order valence-electron chi connectivity index (χ2n) is 3.77. The van der Waals surface area contributed by atoms with Gasteiger partial charge in [-0.15, -0.1) is 0 Å². The number of aromatic amines is 1. The second kappa shape index (κ2) is 3.49. The summed E-state index contributed by atoms with van der Waals surface area (Å²) in [5, 5.41) is 3.11. The van der Waals surface area contributed by atoms with Crippen molar-refractivity contribution in [3.63, 3.8) is 0 Å². The van der Waals surface area contributed by atoms with Gasteiger partial charge in [-0.05, 0) is 36.7 Å². The molecular weight excluding hydrogens is 234 g/mol. The smallest absolute Gasteiger partial charge is 0.267 e. The van der Waals surface area contributed by atoms with E-state index in [0.717, 1.165) is 0 Å². The molecule has 0 fully saturated rings. The monoisotopic (exact) mass is 245 g/mol. The summed E-state index contributed by atoms with van der Waals surface area (Å²) in [6, 6.07) is 0. The van der Waals surface area contributed by atoms with E-state index in [-0.39, 0.29) is 11.1 Å². The van der Waals surface area contributed by atoms with E-state index in [1.807, 2.05) is 20.8 Å². The Balaban J connectivity index is 3.03. The third-order valence-electron chi connectivity index (χ3n) is 1.29. The lowest BCUT2D eigenvalue weighted by Crippen LogP contribution is -2.28. The molecule has 72 valence electrons. The zero-order chi connectivity index (χ0) is 10.1. The summed E-state index contributed by atoms with van der Waals surface area (Å²) in [7, 11) is 0. The van der Waals surface area contributed by atoms with Crippen molar-refractivity contribution in [3.05, 3.63) is 21.2 Å². The Kier molecular flexibility index (Phi) is 2.75. The highest BCUT2D eigenvalue weighted by atomic mass is 79.9. The molecule has 0 radical (unpaired) electrons. The molecule has 0 atom stereocenters. The molecule has 5 heteroatoms. The van der Waals surface area contributed by atoms with Crippen LogP contribution in [0.5, 0.6) is 0 Å². The summed E-state index contributed by atoms with van der Waals surface area (Å²) >= 11 is 3.16. The van der Waals surface area contributed by atoms with Crippen LogP contribution in [0.3, 0.4) is 0 Å². The normalized spacial score (nSPS) is 11.4. The number of aromatic nitrogens is 2. The first-order chi connectivity index (χ1) is 5.90. The Morgan fingerprint density at radius 3 is 2.69 bits per heavy atom. The first kappa shape index (κ1) is 10.2. The molecule has 0 bridgehead atoms. The maximum Gasteiger partial charge on any atom is 0.267 e. The molecule has 13 heavy (non-hydrogen) atoms. The van der Waals surface area contributed by atoms with Gasteiger partial charge in [0.1, 0.15) is 10.3 Å². The van der Waals surface area contributed by atoms with Crippen LogP contribution in [0.15, 0.2) is 15.6 Å². The minimum Gasteiger partial charge on any atom is -0.364 e. The molecule has 0 aliphatic rings. The van der Waals surface area contributed by atoms with Gasteiger partial charge >= 0.3 is 0 Å². The molecule has 0 saturated heterocycles. The maximum atomic E-state index is 11.1. The van der Waals surface area contributed by atoms with Crippen LogP contribution < -0.4 is 10.9 Å². The summed E-state index contributed by atoms with van der Waals surface area (Å²) in [5.41, 5.74) is -0.287. The molecular formula is C8H12BrN3O. The zero-order valence-corrected chi connectivity index (χ0v) is 9.40. The fraction of sp³-hybridized carbons (Fsp3) is 0.500. The van der Waals surface area contributed by atoms with Crippen molar-refractivity contribution in [2.45, 2.75) is 26.3 Å². The molecule has 1 rings (SSSR count). The van der Waals surface area contributed by atoms with Gasteiger partial charge in [0.15, 0.2) is 0 Å². The van der Waals surface area contributed by atoms with Crippen molar-refractivity contribution in [3.8, 4) is 0 Å². The number of rotatable bonds is 1. The lowest BCUT2D eigenvalue weighted by atomic mass is 10.1. The Morgan fingerprint density at radius 1 is 1.54 bits per heavy atom. The highest BCUT2D eigenvalue weighted by molar-refractivity contribution is 9.10. The quantitative estimate of drug-likeness (QED) is 0.793. The van der Waals surface area contributed by atoms with Gasteiger partial charge in [-0.1, -0.05) is 0 Å². The summed E-state index contributed by atoms with van der Waals surface area (Å²) in [4.78, 5) is 17.6. The maximum absolute atomic E-state index is 11.1. The van der Waals surface area contributed by atoms with Crippen LogP contribution in [-0.2, 0) is 0 Å². The van der Waals surface area contributed by atoms with Crippen molar-refractivity contribution in [2.75, 3.05) is 5.32 Å². The van der Waals surface area contributed by atoms with E-state index in [2.05, 4.69) is 31.2 Å². The molecule has 0 saturated carbocycles. The Bertz CT molecular complexity index is 353. The van der Waals surface area contributed by atoms with Crippen LogP contribution in [0, 0.1) is 0 Å². The van der Waals surface area contributed by atoms with Crippen LogP contribution >= 0.6 is 15.9 Å². The van der Waals surface area contributed by atoms with Crippen LogP contribution in [0.1, 0.15) is 20.8 Å². The molecule has 0 amide bonds. The highest BCUT2D eigenvalue weighted by Gasteiger charge is 2.13. The van der Waals surface area contributed by atoms with Crippen molar-refractivity contribution < 1.29 is 0 Å². The average Bonchev–Trinajstić information content (AvgIpc) is 1.96. The Labute approximate surface area is 84.9 Å². The van der Waals surface area contributed by atoms with Gasteiger partial charge in [0.05, 0.1) is 6.33 Å². The van der Waals surface area contributed by atoms with Gasteiger partial charge in [0.2, 0.25) is 0 Å². The highest BCUT2D eigenvalue weighted by Crippen LogP contribution is 2.17. The molecule has 1 aromatic rings. The molecule has 0 aromatic carbocycles. The van der Waals surface area contributed by atoms with E-state index in [1.165, 1.54) is 6.33 Å². The van der Waals surface area contributed by atoms with Crippen molar-refractivity contribution in [1.29, 1.82) is 0 Å². The van der Waals surface area contributed by atoms with Crippen LogP contribution in [-0.4, -0.2) is 15.5 Å². The summed E-state index contributed by atoms with van der Waals surface area (Å²) in [6.07, 6.45) is 1.38. The van der Waals surface area contributed by atoms with Crippen molar-refractivity contribution in [1.82, 2.24) is 9.97 Å². The fourth-order valence-electron chi connectivity index (χ4n) is 0.825. The largest absolute Gasteiger partial charge is 0.364 e. The minimum absolute atomic E-state index is 0.108. The number of H-pyrrole nitrogens is 1. The number of anilines is 1. The minimum atomic E-state index is -0.179. The third-order valence-corrected chi connectivity index (χ3v) is 2.03. The van der Waals surface area contributed by atoms with Gasteiger partial charge in [0, 0.05) is 5.54 Å². The van der Waals surface area contributed by atoms with Crippen LogP contribution in [0.4, 0.5) is 5.82 Å². The lowest BCUT2D eigenvalue weighted by molar-refractivity contribution is 0.629. The summed E-state index contributed by atoms with van der Waals surface area (Å²) < 4.78 is 0.435. The van der Waals surface area contributed by atoms with Crippen molar-refractivity contribution >= 4 is 21.7 Å². The number of hydrogen-bond donors (Lipinski definition) is 2. The third kappa shape index (κ3) is 2.84.